The molecular weight excluding hydrogens is 416 g/mol. The van der Waals surface area contributed by atoms with E-state index >= 15 is 0 Å². The maximum Gasteiger partial charge on any atom is 0.312 e. The minimum atomic E-state index is -0.924. The summed E-state index contributed by atoms with van der Waals surface area (Å²) in [7, 11) is 0. The Balaban J connectivity index is 1.57. The maximum atomic E-state index is 12.8. The molecule has 0 saturated heterocycles. The molecular formula is C28H36O5. The van der Waals surface area contributed by atoms with Crippen LogP contribution in [0.2, 0.25) is 0 Å². The lowest BCUT2D eigenvalue weighted by Crippen LogP contribution is -2.40. The molecule has 0 saturated carbocycles. The van der Waals surface area contributed by atoms with Crippen molar-refractivity contribution in [3.05, 3.63) is 54.6 Å². The molecule has 5 heteroatoms. The van der Waals surface area contributed by atoms with Crippen molar-refractivity contribution in [2.24, 2.45) is 16.7 Å². The van der Waals surface area contributed by atoms with Crippen LogP contribution in [0.25, 0.3) is 22.3 Å². The summed E-state index contributed by atoms with van der Waals surface area (Å²) in [5.74, 6) is 1.22. The lowest BCUT2D eigenvalue weighted by atomic mass is 9.69. The standard InChI is InChI=1S/C28H36O5/c1-19(2)28(6,18-27(3,4)5)26(30)32-17-22(29)16-31-23-13-12-21-14-24(33-25(21)15-23)20-10-8-7-9-11-20/h7-15,19,22,29H,16-18H2,1-6H3. The molecule has 0 aliphatic rings. The summed E-state index contributed by atoms with van der Waals surface area (Å²) in [5.41, 5.74) is 1.10. The van der Waals surface area contributed by atoms with Crippen LogP contribution in [0.15, 0.2) is 59.0 Å². The Morgan fingerprint density at radius 3 is 2.33 bits per heavy atom. The number of fused-ring (bicyclic) bond motifs is 1. The number of rotatable bonds is 9. The van der Waals surface area contributed by atoms with E-state index in [9.17, 15) is 9.90 Å². The number of carbonyl (C=O) groups is 1. The summed E-state index contributed by atoms with van der Waals surface area (Å²) >= 11 is 0. The van der Waals surface area contributed by atoms with Crippen molar-refractivity contribution in [2.45, 2.75) is 54.1 Å². The van der Waals surface area contributed by atoms with Crippen molar-refractivity contribution in [3.8, 4) is 17.1 Å². The summed E-state index contributed by atoms with van der Waals surface area (Å²) in [6.45, 7) is 12.2. The number of benzene rings is 2. The molecule has 33 heavy (non-hydrogen) atoms. The number of hydrogen-bond acceptors (Lipinski definition) is 5. The van der Waals surface area contributed by atoms with Crippen molar-refractivity contribution < 1.29 is 23.8 Å². The van der Waals surface area contributed by atoms with Gasteiger partial charge in [0.25, 0.3) is 0 Å². The molecule has 0 spiro atoms. The fourth-order valence-electron chi connectivity index (χ4n) is 4.04. The third-order valence-corrected chi connectivity index (χ3v) is 6.04. The fourth-order valence-corrected chi connectivity index (χ4v) is 4.04. The van der Waals surface area contributed by atoms with Gasteiger partial charge in [0.05, 0.1) is 5.41 Å². The van der Waals surface area contributed by atoms with E-state index in [2.05, 4.69) is 20.8 Å². The van der Waals surface area contributed by atoms with Gasteiger partial charge in [0, 0.05) is 17.0 Å². The molecule has 0 fully saturated rings. The van der Waals surface area contributed by atoms with Crippen molar-refractivity contribution in [2.75, 3.05) is 13.2 Å². The molecule has 1 heterocycles. The number of furan rings is 1. The topological polar surface area (TPSA) is 68.9 Å². The van der Waals surface area contributed by atoms with Crippen LogP contribution in [0, 0.1) is 16.7 Å². The van der Waals surface area contributed by atoms with Crippen molar-refractivity contribution >= 4 is 16.9 Å². The molecule has 0 aliphatic carbocycles. The van der Waals surface area contributed by atoms with Gasteiger partial charge in [0.15, 0.2) is 0 Å². The average molecular weight is 453 g/mol. The summed E-state index contributed by atoms with van der Waals surface area (Å²) in [4.78, 5) is 12.8. The van der Waals surface area contributed by atoms with Crippen LogP contribution in [0.4, 0.5) is 0 Å². The summed E-state index contributed by atoms with van der Waals surface area (Å²) < 4.78 is 17.2. The van der Waals surface area contributed by atoms with Crippen molar-refractivity contribution in [3.63, 3.8) is 0 Å². The zero-order valence-electron chi connectivity index (χ0n) is 20.6. The van der Waals surface area contributed by atoms with E-state index in [0.29, 0.717) is 17.8 Å². The van der Waals surface area contributed by atoms with Crippen LogP contribution in [0.1, 0.15) is 48.0 Å². The van der Waals surface area contributed by atoms with E-state index in [0.717, 1.165) is 16.7 Å². The van der Waals surface area contributed by atoms with Crippen LogP contribution in [0.5, 0.6) is 5.75 Å². The smallest absolute Gasteiger partial charge is 0.312 e. The Hall–Kier alpha value is -2.79. The molecule has 2 atom stereocenters. The van der Waals surface area contributed by atoms with E-state index in [1.54, 1.807) is 6.07 Å². The molecule has 1 aromatic heterocycles. The highest BCUT2D eigenvalue weighted by molar-refractivity contribution is 5.84. The quantitative estimate of drug-likeness (QED) is 0.376. The zero-order chi connectivity index (χ0) is 24.2. The summed E-state index contributed by atoms with van der Waals surface area (Å²) in [5, 5.41) is 11.3. The van der Waals surface area contributed by atoms with Crippen molar-refractivity contribution in [1.82, 2.24) is 0 Å². The predicted molar refractivity (Wildman–Crippen MR) is 131 cm³/mol. The monoisotopic (exact) mass is 452 g/mol. The highest BCUT2D eigenvalue weighted by atomic mass is 16.5. The number of esters is 1. The third kappa shape index (κ3) is 6.38. The van der Waals surface area contributed by atoms with Gasteiger partial charge in [-0.1, -0.05) is 65.0 Å². The van der Waals surface area contributed by atoms with Gasteiger partial charge in [-0.15, -0.1) is 0 Å². The van der Waals surface area contributed by atoms with Crippen molar-refractivity contribution in [1.29, 1.82) is 0 Å². The Bertz CT molecular complexity index is 1060. The second-order valence-electron chi connectivity index (χ2n) is 10.5. The lowest BCUT2D eigenvalue weighted by Gasteiger charge is -2.37. The van der Waals surface area contributed by atoms with Gasteiger partial charge in [-0.05, 0) is 42.9 Å². The Labute approximate surface area is 196 Å². The molecule has 1 N–H and O–H groups in total. The van der Waals surface area contributed by atoms with Crippen LogP contribution >= 0.6 is 0 Å². The first-order valence-corrected chi connectivity index (χ1v) is 11.5. The molecule has 0 radical (unpaired) electrons. The second kappa shape index (κ2) is 10.0. The first-order chi connectivity index (χ1) is 15.5. The van der Waals surface area contributed by atoms with Gasteiger partial charge < -0.3 is 19.0 Å². The SMILES string of the molecule is CC(C)C(C)(CC(C)(C)C)C(=O)OCC(O)COc1ccc2cc(-c3ccccc3)oc2c1. The molecule has 3 aromatic rings. The molecule has 2 aromatic carbocycles. The molecule has 5 nitrogen and oxygen atoms in total. The van der Waals surface area contributed by atoms with Gasteiger partial charge in [0.2, 0.25) is 0 Å². The molecule has 0 amide bonds. The van der Waals surface area contributed by atoms with E-state index < -0.39 is 11.5 Å². The van der Waals surface area contributed by atoms with Crippen LogP contribution in [0.3, 0.4) is 0 Å². The second-order valence-corrected chi connectivity index (χ2v) is 10.5. The van der Waals surface area contributed by atoms with E-state index in [-0.39, 0.29) is 30.5 Å². The van der Waals surface area contributed by atoms with E-state index in [1.165, 1.54) is 0 Å². The van der Waals surface area contributed by atoms with E-state index in [4.69, 9.17) is 13.9 Å². The minimum Gasteiger partial charge on any atom is -0.491 e. The van der Waals surface area contributed by atoms with Gasteiger partial charge in [-0.3, -0.25) is 4.79 Å². The number of hydrogen-bond donors (Lipinski definition) is 1. The van der Waals surface area contributed by atoms with Crippen LogP contribution < -0.4 is 4.74 Å². The minimum absolute atomic E-state index is 0.00929. The summed E-state index contributed by atoms with van der Waals surface area (Å²) in [6.07, 6.45) is -0.218. The van der Waals surface area contributed by atoms with Gasteiger partial charge in [-0.2, -0.15) is 0 Å². The average Bonchev–Trinajstić information content (AvgIpc) is 3.18. The molecule has 178 valence electrons. The Morgan fingerprint density at radius 2 is 1.70 bits per heavy atom. The number of carbonyl (C=O) groups excluding carboxylic acids is 1. The normalized spacial score (nSPS) is 14.8. The Kier molecular flexibility index (Phi) is 7.53. The van der Waals surface area contributed by atoms with Crippen LogP contribution in [-0.4, -0.2) is 30.4 Å². The molecule has 0 bridgehead atoms. The highest BCUT2D eigenvalue weighted by Crippen LogP contribution is 2.40. The predicted octanol–water partition coefficient (Wildman–Crippen LogP) is 6.48. The first-order valence-electron chi connectivity index (χ1n) is 11.5. The van der Waals surface area contributed by atoms with Gasteiger partial charge >= 0.3 is 5.97 Å². The van der Waals surface area contributed by atoms with Gasteiger partial charge in [-0.25, -0.2) is 0 Å². The van der Waals surface area contributed by atoms with Crippen LogP contribution in [-0.2, 0) is 9.53 Å². The fraction of sp³-hybridized carbons (Fsp3) is 0.464. The lowest BCUT2D eigenvalue weighted by molar-refractivity contribution is -0.163. The Morgan fingerprint density at radius 1 is 1.00 bits per heavy atom. The third-order valence-electron chi connectivity index (χ3n) is 6.04. The maximum absolute atomic E-state index is 12.8. The largest absolute Gasteiger partial charge is 0.491 e. The number of aliphatic hydroxyl groups is 1. The first kappa shape index (κ1) is 24.8. The van der Waals surface area contributed by atoms with E-state index in [1.807, 2.05) is 69.3 Å². The highest BCUT2D eigenvalue weighted by Gasteiger charge is 2.41. The number of ether oxygens (including phenoxy) is 2. The van der Waals surface area contributed by atoms with Gasteiger partial charge in [0.1, 0.15) is 36.4 Å². The molecule has 2 unspecified atom stereocenters. The zero-order valence-corrected chi connectivity index (χ0v) is 20.6. The summed E-state index contributed by atoms with van der Waals surface area (Å²) in [6, 6.07) is 17.5. The molecule has 3 rings (SSSR count). The molecule has 0 aliphatic heterocycles. The number of aliphatic hydroxyl groups excluding tert-OH is 1.